The molecule has 0 saturated carbocycles. The normalized spacial score (nSPS) is 11.7. The molecular weight excluding hydrogens is 475 g/mol. The van der Waals surface area contributed by atoms with Crippen LogP contribution in [-0.4, -0.2) is 15.9 Å². The summed E-state index contributed by atoms with van der Waals surface area (Å²) < 4.78 is 14.7. The molecule has 0 aliphatic heterocycles. The Morgan fingerprint density at radius 3 is 2.34 bits per heavy atom. The molecule has 0 aliphatic carbocycles. The van der Waals surface area contributed by atoms with Crippen LogP contribution in [-0.2, 0) is 17.9 Å². The van der Waals surface area contributed by atoms with Crippen molar-refractivity contribution in [3.8, 4) is 11.1 Å². The third kappa shape index (κ3) is 6.03. The van der Waals surface area contributed by atoms with Crippen LogP contribution in [0, 0.1) is 5.82 Å². The molecule has 2 N–H and O–H groups in total. The van der Waals surface area contributed by atoms with Gasteiger partial charge in [-0.15, -0.1) is 0 Å². The number of hydrogen-bond acceptors (Lipinski definition) is 4. The van der Waals surface area contributed by atoms with Crippen LogP contribution in [0.25, 0.3) is 22.0 Å². The fourth-order valence-corrected chi connectivity index (χ4v) is 4.49. The summed E-state index contributed by atoms with van der Waals surface area (Å²) >= 11 is 0. The van der Waals surface area contributed by atoms with Gasteiger partial charge in [0.2, 0.25) is 5.91 Å². The van der Waals surface area contributed by atoms with Gasteiger partial charge < -0.3 is 10.6 Å². The van der Waals surface area contributed by atoms with Gasteiger partial charge in [0.1, 0.15) is 18.0 Å². The zero-order valence-corrected chi connectivity index (χ0v) is 21.2. The first kappa shape index (κ1) is 25.1. The summed E-state index contributed by atoms with van der Waals surface area (Å²) in [5, 5.41) is 7.17. The number of fused-ring (bicyclic) bond motifs is 1. The SMILES string of the molecule is CC(CC(=O)NCc1cc(-c2ccc3ncnc(NCc4ccccc4)c3c2)ccc1F)c1ccccc1. The van der Waals surface area contributed by atoms with Crippen molar-refractivity contribution in [3.05, 3.63) is 126 Å². The zero-order chi connectivity index (χ0) is 26.3. The third-order valence-corrected chi connectivity index (χ3v) is 6.65. The standard InChI is InChI=1S/C32H29FN4O/c1-22(24-10-6-3-7-11-24)16-31(38)34-20-27-17-25(12-14-29(27)33)26-13-15-30-28(18-26)32(37-21-36-30)35-19-23-8-4-2-5-9-23/h2-15,17-18,21-22H,16,19-20H2,1H3,(H,34,38)(H,35,36,37). The number of nitrogens with one attached hydrogen (secondary N) is 2. The van der Waals surface area contributed by atoms with E-state index in [0.29, 0.717) is 18.5 Å². The first-order valence-corrected chi connectivity index (χ1v) is 12.7. The number of halogens is 1. The molecule has 0 radical (unpaired) electrons. The van der Waals surface area contributed by atoms with Crippen molar-refractivity contribution < 1.29 is 9.18 Å². The Balaban J connectivity index is 1.31. The Bertz CT molecular complexity index is 1540. The number of hydrogen-bond donors (Lipinski definition) is 2. The van der Waals surface area contributed by atoms with Gasteiger partial charge in [-0.1, -0.05) is 79.7 Å². The second-order valence-electron chi connectivity index (χ2n) is 9.39. The molecule has 1 atom stereocenters. The van der Waals surface area contributed by atoms with Crippen molar-refractivity contribution in [1.29, 1.82) is 0 Å². The highest BCUT2D eigenvalue weighted by molar-refractivity contribution is 5.92. The molecule has 6 heteroatoms. The molecule has 5 rings (SSSR count). The molecule has 0 fully saturated rings. The lowest BCUT2D eigenvalue weighted by Gasteiger charge is -2.13. The highest BCUT2D eigenvalue weighted by Gasteiger charge is 2.13. The number of aromatic nitrogens is 2. The van der Waals surface area contributed by atoms with E-state index >= 15 is 0 Å². The average molecular weight is 505 g/mol. The van der Waals surface area contributed by atoms with E-state index in [1.807, 2.05) is 73.7 Å². The van der Waals surface area contributed by atoms with E-state index in [1.165, 1.54) is 6.07 Å². The van der Waals surface area contributed by atoms with Crippen molar-refractivity contribution >= 4 is 22.6 Å². The van der Waals surface area contributed by atoms with Gasteiger partial charge in [0.05, 0.1) is 5.52 Å². The van der Waals surface area contributed by atoms with E-state index in [9.17, 15) is 9.18 Å². The van der Waals surface area contributed by atoms with Crippen molar-refractivity contribution in [3.63, 3.8) is 0 Å². The molecule has 0 aliphatic rings. The predicted molar refractivity (Wildman–Crippen MR) is 150 cm³/mol. The Labute approximate surface area is 221 Å². The maximum absolute atomic E-state index is 14.7. The Hall–Kier alpha value is -4.58. The highest BCUT2D eigenvalue weighted by Crippen LogP contribution is 2.28. The van der Waals surface area contributed by atoms with Gasteiger partial charge in [-0.2, -0.15) is 0 Å². The lowest BCUT2D eigenvalue weighted by molar-refractivity contribution is -0.121. The quantitative estimate of drug-likeness (QED) is 0.230. The van der Waals surface area contributed by atoms with Crippen LogP contribution in [0.3, 0.4) is 0 Å². The Morgan fingerprint density at radius 2 is 1.55 bits per heavy atom. The number of carbonyl (C=O) groups is 1. The fraction of sp³-hybridized carbons (Fsp3) is 0.156. The minimum Gasteiger partial charge on any atom is -0.365 e. The molecule has 5 nitrogen and oxygen atoms in total. The number of carbonyl (C=O) groups excluding carboxylic acids is 1. The van der Waals surface area contributed by atoms with Crippen LogP contribution < -0.4 is 10.6 Å². The predicted octanol–water partition coefficient (Wildman–Crippen LogP) is 6.86. The number of nitrogens with zero attached hydrogens (tertiary/aromatic N) is 2. The summed E-state index contributed by atoms with van der Waals surface area (Å²) in [6.45, 7) is 2.78. The molecule has 190 valence electrons. The number of benzene rings is 4. The maximum Gasteiger partial charge on any atom is 0.220 e. The van der Waals surface area contributed by atoms with Gasteiger partial charge in [0.15, 0.2) is 0 Å². The number of anilines is 1. The smallest absolute Gasteiger partial charge is 0.220 e. The summed E-state index contributed by atoms with van der Waals surface area (Å²) in [4.78, 5) is 21.4. The first-order valence-electron chi connectivity index (χ1n) is 12.7. The van der Waals surface area contributed by atoms with E-state index in [4.69, 9.17) is 0 Å². The highest BCUT2D eigenvalue weighted by atomic mass is 19.1. The van der Waals surface area contributed by atoms with Gasteiger partial charge in [-0.3, -0.25) is 4.79 Å². The van der Waals surface area contributed by atoms with E-state index in [-0.39, 0.29) is 24.2 Å². The van der Waals surface area contributed by atoms with Gasteiger partial charge in [-0.05, 0) is 52.4 Å². The van der Waals surface area contributed by atoms with E-state index < -0.39 is 0 Å². The van der Waals surface area contributed by atoms with E-state index in [0.717, 1.165) is 39.0 Å². The summed E-state index contributed by atoms with van der Waals surface area (Å²) in [5.74, 6) is 0.363. The van der Waals surface area contributed by atoms with Crippen molar-refractivity contribution in [1.82, 2.24) is 15.3 Å². The van der Waals surface area contributed by atoms with Gasteiger partial charge in [0, 0.05) is 30.5 Å². The van der Waals surface area contributed by atoms with Gasteiger partial charge >= 0.3 is 0 Å². The summed E-state index contributed by atoms with van der Waals surface area (Å²) in [6, 6.07) is 30.9. The molecule has 1 heterocycles. The molecule has 0 saturated heterocycles. The van der Waals surface area contributed by atoms with Crippen LogP contribution >= 0.6 is 0 Å². The van der Waals surface area contributed by atoms with E-state index in [1.54, 1.807) is 18.5 Å². The fourth-order valence-electron chi connectivity index (χ4n) is 4.49. The lowest BCUT2D eigenvalue weighted by atomic mass is 9.97. The number of rotatable bonds is 9. The first-order chi connectivity index (χ1) is 18.6. The summed E-state index contributed by atoms with van der Waals surface area (Å²) in [5.41, 5.74) is 5.29. The second-order valence-corrected chi connectivity index (χ2v) is 9.39. The van der Waals surface area contributed by atoms with Gasteiger partial charge in [-0.25, -0.2) is 14.4 Å². The Kier molecular flexibility index (Phi) is 7.69. The number of amides is 1. The van der Waals surface area contributed by atoms with Crippen molar-refractivity contribution in [2.75, 3.05) is 5.32 Å². The van der Waals surface area contributed by atoms with Crippen LogP contribution in [0.1, 0.15) is 36.0 Å². The van der Waals surface area contributed by atoms with Crippen LogP contribution in [0.2, 0.25) is 0 Å². The topological polar surface area (TPSA) is 66.9 Å². The maximum atomic E-state index is 14.7. The van der Waals surface area contributed by atoms with Crippen molar-refractivity contribution in [2.24, 2.45) is 0 Å². The molecule has 38 heavy (non-hydrogen) atoms. The monoisotopic (exact) mass is 504 g/mol. The van der Waals surface area contributed by atoms with Crippen LogP contribution in [0.5, 0.6) is 0 Å². The molecule has 1 unspecified atom stereocenters. The zero-order valence-electron chi connectivity index (χ0n) is 21.2. The molecule has 5 aromatic rings. The summed E-state index contributed by atoms with van der Waals surface area (Å²) in [7, 11) is 0. The average Bonchev–Trinajstić information content (AvgIpc) is 2.96. The minimum absolute atomic E-state index is 0.0805. The summed E-state index contributed by atoms with van der Waals surface area (Å²) in [6.07, 6.45) is 1.89. The Morgan fingerprint density at radius 1 is 0.842 bits per heavy atom. The second kappa shape index (κ2) is 11.6. The molecular formula is C32H29FN4O. The largest absolute Gasteiger partial charge is 0.365 e. The van der Waals surface area contributed by atoms with E-state index in [2.05, 4.69) is 32.7 Å². The van der Waals surface area contributed by atoms with Gasteiger partial charge in [0.25, 0.3) is 0 Å². The minimum atomic E-state index is -0.348. The molecule has 0 spiro atoms. The lowest BCUT2D eigenvalue weighted by Crippen LogP contribution is -2.24. The molecule has 1 amide bonds. The van der Waals surface area contributed by atoms with Crippen LogP contribution in [0.15, 0.2) is 103 Å². The van der Waals surface area contributed by atoms with Crippen molar-refractivity contribution in [2.45, 2.75) is 32.4 Å². The molecule has 0 bridgehead atoms. The third-order valence-electron chi connectivity index (χ3n) is 6.65. The molecule has 1 aromatic heterocycles. The van der Waals surface area contributed by atoms with Crippen LogP contribution in [0.4, 0.5) is 10.2 Å². The molecule has 4 aromatic carbocycles.